The Hall–Kier alpha value is -2.38. The highest BCUT2D eigenvalue weighted by Crippen LogP contribution is 2.26. The predicted octanol–water partition coefficient (Wildman–Crippen LogP) is 4.65. The summed E-state index contributed by atoms with van der Waals surface area (Å²) in [6, 6.07) is 13.2. The molecule has 1 aliphatic carbocycles. The number of benzene rings is 1. The standard InChI is InChI=1S/C26H37N3O3S/c1-22(2)19-28(20-25-15-10-17-27(25)3)26(30)21-29(24-13-8-5-9-14-24)33(31,32)18-16-23-11-6-4-7-12-23/h4,6-7,10-12,15-18,22,24H,5,8-9,13-14,19-21H2,1-3H3/b18-16+. The summed E-state index contributed by atoms with van der Waals surface area (Å²) in [5.41, 5.74) is 1.85. The molecule has 7 heteroatoms. The van der Waals surface area contributed by atoms with E-state index in [1.807, 2.05) is 60.3 Å². The van der Waals surface area contributed by atoms with Crippen LogP contribution in [0.1, 0.15) is 57.2 Å². The van der Waals surface area contributed by atoms with Gasteiger partial charge in [0.25, 0.3) is 0 Å². The fourth-order valence-corrected chi connectivity index (χ4v) is 5.79. The molecular weight excluding hydrogens is 434 g/mol. The van der Waals surface area contributed by atoms with Crippen molar-refractivity contribution in [2.24, 2.45) is 13.0 Å². The van der Waals surface area contributed by atoms with E-state index in [0.717, 1.165) is 43.4 Å². The highest BCUT2D eigenvalue weighted by Gasteiger charge is 2.33. The number of carbonyl (C=O) groups excluding carboxylic acids is 1. The van der Waals surface area contributed by atoms with E-state index in [-0.39, 0.29) is 24.4 Å². The Bertz CT molecular complexity index is 1020. The maximum Gasteiger partial charge on any atom is 0.238 e. The summed E-state index contributed by atoms with van der Waals surface area (Å²) in [7, 11) is -1.79. The van der Waals surface area contributed by atoms with Gasteiger partial charge in [-0.1, -0.05) is 63.4 Å². The molecule has 1 amide bonds. The third-order valence-electron chi connectivity index (χ3n) is 6.17. The van der Waals surface area contributed by atoms with E-state index in [2.05, 4.69) is 13.8 Å². The minimum absolute atomic E-state index is 0.122. The van der Waals surface area contributed by atoms with Gasteiger partial charge in [-0.15, -0.1) is 0 Å². The zero-order valence-electron chi connectivity index (χ0n) is 20.1. The van der Waals surface area contributed by atoms with Crippen LogP contribution in [0.3, 0.4) is 0 Å². The van der Waals surface area contributed by atoms with Gasteiger partial charge >= 0.3 is 0 Å². The molecule has 0 N–H and O–H groups in total. The first-order chi connectivity index (χ1) is 15.8. The molecule has 3 rings (SSSR count). The minimum Gasteiger partial charge on any atom is -0.353 e. The lowest BCUT2D eigenvalue weighted by atomic mass is 9.95. The maximum atomic E-state index is 13.5. The molecule has 0 aliphatic heterocycles. The fraction of sp³-hybridized carbons (Fsp3) is 0.500. The lowest BCUT2D eigenvalue weighted by Gasteiger charge is -2.34. The van der Waals surface area contributed by atoms with E-state index < -0.39 is 10.0 Å². The molecule has 2 aromatic rings. The van der Waals surface area contributed by atoms with Gasteiger partial charge in [-0.3, -0.25) is 4.79 Å². The molecule has 6 nitrogen and oxygen atoms in total. The number of rotatable bonds is 10. The van der Waals surface area contributed by atoms with Crippen molar-refractivity contribution in [3.8, 4) is 0 Å². The molecule has 1 heterocycles. The molecule has 0 radical (unpaired) electrons. The molecule has 0 saturated heterocycles. The Kier molecular flexibility index (Phi) is 8.92. The van der Waals surface area contributed by atoms with E-state index in [9.17, 15) is 13.2 Å². The van der Waals surface area contributed by atoms with Crippen molar-refractivity contribution in [3.63, 3.8) is 0 Å². The van der Waals surface area contributed by atoms with Gasteiger partial charge in [0.05, 0.1) is 13.1 Å². The second kappa shape index (κ2) is 11.7. The molecule has 0 atom stereocenters. The number of hydrogen-bond donors (Lipinski definition) is 0. The first-order valence-corrected chi connectivity index (χ1v) is 13.4. The molecule has 1 aromatic heterocycles. The summed E-state index contributed by atoms with van der Waals surface area (Å²) >= 11 is 0. The third-order valence-corrected chi connectivity index (χ3v) is 7.74. The quantitative estimate of drug-likeness (QED) is 0.507. The van der Waals surface area contributed by atoms with E-state index in [1.165, 1.54) is 9.71 Å². The van der Waals surface area contributed by atoms with Crippen molar-refractivity contribution in [3.05, 3.63) is 65.3 Å². The summed E-state index contributed by atoms with van der Waals surface area (Å²) in [6.45, 7) is 5.08. The van der Waals surface area contributed by atoms with E-state index >= 15 is 0 Å². The van der Waals surface area contributed by atoms with Crippen molar-refractivity contribution >= 4 is 22.0 Å². The van der Waals surface area contributed by atoms with E-state index in [4.69, 9.17) is 0 Å². The number of aromatic nitrogens is 1. The molecule has 0 unspecified atom stereocenters. The lowest BCUT2D eigenvalue weighted by molar-refractivity contribution is -0.133. The monoisotopic (exact) mass is 471 g/mol. The number of sulfonamides is 1. The molecule has 1 saturated carbocycles. The van der Waals surface area contributed by atoms with Crippen LogP contribution in [0.15, 0.2) is 54.1 Å². The molecule has 0 spiro atoms. The van der Waals surface area contributed by atoms with Crippen molar-refractivity contribution < 1.29 is 13.2 Å². The van der Waals surface area contributed by atoms with Crippen molar-refractivity contribution in [1.82, 2.24) is 13.8 Å². The first-order valence-electron chi connectivity index (χ1n) is 11.9. The van der Waals surface area contributed by atoms with Crippen LogP contribution in [-0.4, -0.2) is 47.2 Å². The highest BCUT2D eigenvalue weighted by molar-refractivity contribution is 7.92. The van der Waals surface area contributed by atoms with E-state index in [0.29, 0.717) is 13.1 Å². The zero-order chi connectivity index (χ0) is 23.8. The van der Waals surface area contributed by atoms with Crippen LogP contribution < -0.4 is 0 Å². The van der Waals surface area contributed by atoms with Gasteiger partial charge in [0.1, 0.15) is 0 Å². The number of nitrogens with zero attached hydrogens (tertiary/aromatic N) is 3. The predicted molar refractivity (Wildman–Crippen MR) is 134 cm³/mol. The summed E-state index contributed by atoms with van der Waals surface area (Å²) in [6.07, 6.45) is 8.28. The molecule has 33 heavy (non-hydrogen) atoms. The summed E-state index contributed by atoms with van der Waals surface area (Å²) in [5, 5.41) is 1.26. The zero-order valence-corrected chi connectivity index (χ0v) is 20.9. The average Bonchev–Trinajstić information content (AvgIpc) is 3.20. The normalized spacial score (nSPS) is 15.5. The van der Waals surface area contributed by atoms with Gasteiger partial charge in [0.15, 0.2) is 0 Å². The van der Waals surface area contributed by atoms with Crippen LogP contribution in [0.25, 0.3) is 6.08 Å². The topological polar surface area (TPSA) is 62.6 Å². The SMILES string of the molecule is CC(C)CN(Cc1cccn1C)C(=O)CN(C1CCCCC1)S(=O)(=O)/C=C/c1ccccc1. The van der Waals surface area contributed by atoms with Gasteiger partial charge in [0, 0.05) is 36.9 Å². The maximum absolute atomic E-state index is 13.5. The fourth-order valence-electron chi connectivity index (χ4n) is 4.39. The van der Waals surface area contributed by atoms with Crippen LogP contribution >= 0.6 is 0 Å². The van der Waals surface area contributed by atoms with Crippen molar-refractivity contribution in [2.75, 3.05) is 13.1 Å². The summed E-state index contributed by atoms with van der Waals surface area (Å²) < 4.78 is 30.3. The Morgan fingerprint density at radius 3 is 2.39 bits per heavy atom. The van der Waals surface area contributed by atoms with Gasteiger partial charge in [0.2, 0.25) is 15.9 Å². The van der Waals surface area contributed by atoms with Crippen molar-refractivity contribution in [2.45, 2.75) is 58.5 Å². The van der Waals surface area contributed by atoms with Gasteiger partial charge in [-0.05, 0) is 42.5 Å². The third kappa shape index (κ3) is 7.30. The number of amides is 1. The van der Waals surface area contributed by atoms with Crippen molar-refractivity contribution in [1.29, 1.82) is 0 Å². The molecule has 0 bridgehead atoms. The van der Waals surface area contributed by atoms with Crippen LogP contribution in [0.2, 0.25) is 0 Å². The number of carbonyl (C=O) groups is 1. The largest absolute Gasteiger partial charge is 0.353 e. The lowest BCUT2D eigenvalue weighted by Crippen LogP contribution is -2.48. The smallest absolute Gasteiger partial charge is 0.238 e. The Morgan fingerprint density at radius 1 is 1.09 bits per heavy atom. The Balaban J connectivity index is 1.83. The Labute approximate surface area is 198 Å². The van der Waals surface area contributed by atoms with Gasteiger partial charge in [-0.25, -0.2) is 8.42 Å². The first kappa shape index (κ1) is 25.2. The summed E-state index contributed by atoms with van der Waals surface area (Å²) in [4.78, 5) is 15.3. The van der Waals surface area contributed by atoms with Gasteiger partial charge < -0.3 is 9.47 Å². The van der Waals surface area contributed by atoms with Crippen LogP contribution in [-0.2, 0) is 28.4 Å². The van der Waals surface area contributed by atoms with E-state index in [1.54, 1.807) is 11.0 Å². The minimum atomic E-state index is -3.75. The van der Waals surface area contributed by atoms with Crippen LogP contribution in [0.4, 0.5) is 0 Å². The highest BCUT2D eigenvalue weighted by atomic mass is 32.2. The average molecular weight is 472 g/mol. The molecular formula is C26H37N3O3S. The second-order valence-electron chi connectivity index (χ2n) is 9.37. The molecule has 1 aromatic carbocycles. The number of aryl methyl sites for hydroxylation is 1. The van der Waals surface area contributed by atoms with Crippen LogP contribution in [0, 0.1) is 5.92 Å². The molecule has 1 fully saturated rings. The second-order valence-corrected chi connectivity index (χ2v) is 11.1. The summed E-state index contributed by atoms with van der Waals surface area (Å²) in [5.74, 6) is 0.138. The Morgan fingerprint density at radius 2 is 1.79 bits per heavy atom. The molecule has 180 valence electrons. The molecule has 1 aliphatic rings. The number of hydrogen-bond acceptors (Lipinski definition) is 3. The van der Waals surface area contributed by atoms with Gasteiger partial charge in [-0.2, -0.15) is 4.31 Å². The van der Waals surface area contributed by atoms with Crippen LogP contribution in [0.5, 0.6) is 0 Å².